The molecule has 1 unspecified atom stereocenters. The van der Waals surface area contributed by atoms with Gasteiger partial charge in [0.2, 0.25) is 5.95 Å². The van der Waals surface area contributed by atoms with E-state index in [1.54, 1.807) is 35.5 Å². The van der Waals surface area contributed by atoms with Crippen molar-refractivity contribution in [3.8, 4) is 23.1 Å². The van der Waals surface area contributed by atoms with Gasteiger partial charge in [-0.05, 0) is 43.3 Å². The lowest BCUT2D eigenvalue weighted by Crippen LogP contribution is -2.45. The molecule has 2 aliphatic rings. The lowest BCUT2D eigenvalue weighted by atomic mass is 10.1. The second-order valence-electron chi connectivity index (χ2n) is 9.54. The number of aromatic nitrogens is 3. The van der Waals surface area contributed by atoms with Gasteiger partial charge in [0.05, 0.1) is 36.4 Å². The van der Waals surface area contributed by atoms with E-state index < -0.39 is 6.10 Å². The van der Waals surface area contributed by atoms with Crippen LogP contribution in [0.3, 0.4) is 0 Å². The molecule has 1 aromatic carbocycles. The summed E-state index contributed by atoms with van der Waals surface area (Å²) in [4.78, 5) is 29.3. The number of nitriles is 1. The predicted octanol–water partition coefficient (Wildman–Crippen LogP) is 2.74. The molecule has 1 amide bonds. The van der Waals surface area contributed by atoms with Gasteiger partial charge < -0.3 is 29.7 Å². The zero-order valence-corrected chi connectivity index (χ0v) is 21.8. The molecule has 0 bridgehead atoms. The van der Waals surface area contributed by atoms with Crippen molar-refractivity contribution in [1.29, 1.82) is 5.26 Å². The number of anilines is 3. The average molecular weight is 530 g/mol. The Balaban J connectivity index is 1.23. The van der Waals surface area contributed by atoms with Crippen molar-refractivity contribution in [2.24, 2.45) is 0 Å². The number of ether oxygens (including phenoxy) is 2. The number of carbonyl (C=O) groups excluding carboxylic acids is 1. The lowest BCUT2D eigenvalue weighted by Gasteiger charge is -2.33. The summed E-state index contributed by atoms with van der Waals surface area (Å²) in [6.45, 7) is 5.55. The van der Waals surface area contributed by atoms with Gasteiger partial charge in [-0.1, -0.05) is 0 Å². The normalized spacial score (nSPS) is 16.8. The molecule has 5 rings (SSSR count). The summed E-state index contributed by atoms with van der Waals surface area (Å²) in [5.41, 5.74) is 2.61. The Kier molecular flexibility index (Phi) is 8.15. The number of pyridine rings is 1. The fourth-order valence-corrected chi connectivity index (χ4v) is 4.67. The number of amides is 1. The number of hydrogen-bond donors (Lipinski definition) is 2. The van der Waals surface area contributed by atoms with Crippen molar-refractivity contribution in [1.82, 2.24) is 19.9 Å². The molecule has 0 spiro atoms. The second kappa shape index (κ2) is 12.1. The first-order valence-electron chi connectivity index (χ1n) is 13.1. The van der Waals surface area contributed by atoms with Crippen LogP contribution in [0.25, 0.3) is 11.3 Å². The number of aliphatic hydroxyl groups is 1. The van der Waals surface area contributed by atoms with E-state index in [0.29, 0.717) is 62.1 Å². The molecule has 11 heteroatoms. The molecule has 0 saturated carbocycles. The molecular formula is C28H31N7O4. The maximum Gasteiger partial charge on any atom is 0.251 e. The van der Waals surface area contributed by atoms with Crippen molar-refractivity contribution in [3.63, 3.8) is 0 Å². The molecule has 1 atom stereocenters. The maximum absolute atomic E-state index is 12.0. The third-order valence-electron chi connectivity index (χ3n) is 6.80. The van der Waals surface area contributed by atoms with Crippen molar-refractivity contribution < 1.29 is 19.4 Å². The molecule has 202 valence electrons. The van der Waals surface area contributed by atoms with E-state index in [9.17, 15) is 15.2 Å². The number of likely N-dealkylation sites (tertiary alicyclic amines) is 1. The second-order valence-corrected chi connectivity index (χ2v) is 9.54. The van der Waals surface area contributed by atoms with Crippen LogP contribution in [0.1, 0.15) is 25.3 Å². The van der Waals surface area contributed by atoms with Gasteiger partial charge in [0, 0.05) is 50.8 Å². The summed E-state index contributed by atoms with van der Waals surface area (Å²) in [5, 5.41) is 22.5. The summed E-state index contributed by atoms with van der Waals surface area (Å²) in [6, 6.07) is 13.3. The van der Waals surface area contributed by atoms with E-state index in [1.807, 2.05) is 18.2 Å². The number of hydrogen-bond acceptors (Lipinski definition) is 10. The predicted molar refractivity (Wildman–Crippen MR) is 145 cm³/mol. The zero-order chi connectivity index (χ0) is 27.2. The maximum atomic E-state index is 12.0. The van der Waals surface area contributed by atoms with Crippen LogP contribution in [0, 0.1) is 11.3 Å². The van der Waals surface area contributed by atoms with Gasteiger partial charge in [0.1, 0.15) is 29.8 Å². The lowest BCUT2D eigenvalue weighted by molar-refractivity contribution is -0.141. The molecule has 39 heavy (non-hydrogen) atoms. The first-order chi connectivity index (χ1) is 19.0. The zero-order valence-electron chi connectivity index (χ0n) is 21.8. The molecular weight excluding hydrogens is 498 g/mol. The van der Waals surface area contributed by atoms with Crippen molar-refractivity contribution in [2.75, 3.05) is 49.6 Å². The van der Waals surface area contributed by atoms with Crippen LogP contribution >= 0.6 is 0 Å². The Labute approximate surface area is 227 Å². The molecule has 4 heterocycles. The van der Waals surface area contributed by atoms with Crippen LogP contribution in [-0.4, -0.2) is 82.5 Å². The van der Waals surface area contributed by atoms with Crippen LogP contribution in [0.4, 0.5) is 17.5 Å². The first kappa shape index (κ1) is 26.3. The number of rotatable bonds is 7. The van der Waals surface area contributed by atoms with E-state index in [0.717, 1.165) is 30.2 Å². The van der Waals surface area contributed by atoms with Crippen LogP contribution in [0.15, 0.2) is 48.8 Å². The van der Waals surface area contributed by atoms with Gasteiger partial charge in [-0.25, -0.2) is 15.0 Å². The number of piperidine rings is 1. The highest BCUT2D eigenvalue weighted by atomic mass is 16.5. The largest absolute Gasteiger partial charge is 0.489 e. The van der Waals surface area contributed by atoms with Crippen molar-refractivity contribution >= 4 is 23.4 Å². The molecule has 0 aliphatic carbocycles. The number of carbonyl (C=O) groups is 1. The summed E-state index contributed by atoms with van der Waals surface area (Å²) >= 11 is 0. The minimum atomic E-state index is -1.00. The smallest absolute Gasteiger partial charge is 0.251 e. The van der Waals surface area contributed by atoms with Gasteiger partial charge in [-0.3, -0.25) is 4.79 Å². The molecule has 2 saturated heterocycles. The summed E-state index contributed by atoms with van der Waals surface area (Å²) in [6.07, 6.45) is 3.57. The summed E-state index contributed by atoms with van der Waals surface area (Å²) in [5.74, 6) is 1.56. The SMILES string of the molecule is CC(O)C(=O)N1CCC(Oc2ccc(-c3ccnc(Nc4ccc(N5CCOCC5)nc4)n3)cc2C#N)CC1. The van der Waals surface area contributed by atoms with E-state index in [-0.39, 0.29) is 12.0 Å². The Hall–Kier alpha value is -4.27. The fraction of sp³-hybridized carbons (Fsp3) is 0.393. The first-order valence-corrected chi connectivity index (χ1v) is 13.1. The molecule has 11 nitrogen and oxygen atoms in total. The van der Waals surface area contributed by atoms with Gasteiger partial charge >= 0.3 is 0 Å². The molecule has 2 N–H and O–H groups in total. The number of morpholine rings is 1. The minimum Gasteiger partial charge on any atom is -0.489 e. The molecule has 2 aromatic heterocycles. The number of nitrogens with zero attached hydrogens (tertiary/aromatic N) is 6. The highest BCUT2D eigenvalue weighted by molar-refractivity contribution is 5.80. The van der Waals surface area contributed by atoms with Crippen molar-refractivity contribution in [2.45, 2.75) is 32.0 Å². The van der Waals surface area contributed by atoms with E-state index in [2.05, 4.69) is 31.2 Å². The van der Waals surface area contributed by atoms with Gasteiger partial charge in [-0.2, -0.15) is 5.26 Å². The van der Waals surface area contributed by atoms with Crippen LogP contribution in [0.5, 0.6) is 5.75 Å². The van der Waals surface area contributed by atoms with Crippen LogP contribution in [0.2, 0.25) is 0 Å². The third kappa shape index (κ3) is 6.42. The van der Waals surface area contributed by atoms with E-state index >= 15 is 0 Å². The average Bonchev–Trinajstić information content (AvgIpc) is 2.98. The Morgan fingerprint density at radius 2 is 1.95 bits per heavy atom. The minimum absolute atomic E-state index is 0.112. The summed E-state index contributed by atoms with van der Waals surface area (Å²) in [7, 11) is 0. The Morgan fingerprint density at radius 3 is 2.64 bits per heavy atom. The Morgan fingerprint density at radius 1 is 1.15 bits per heavy atom. The van der Waals surface area contributed by atoms with Gasteiger partial charge in [-0.15, -0.1) is 0 Å². The van der Waals surface area contributed by atoms with E-state index in [4.69, 9.17) is 9.47 Å². The molecule has 2 aliphatic heterocycles. The molecule has 2 fully saturated rings. The number of aliphatic hydroxyl groups excluding tert-OH is 1. The van der Waals surface area contributed by atoms with Gasteiger partial charge in [0.15, 0.2) is 0 Å². The van der Waals surface area contributed by atoms with Gasteiger partial charge in [0.25, 0.3) is 5.91 Å². The third-order valence-corrected chi connectivity index (χ3v) is 6.80. The quantitative estimate of drug-likeness (QED) is 0.470. The molecule has 3 aromatic rings. The van der Waals surface area contributed by atoms with Crippen LogP contribution < -0.4 is 15.0 Å². The Bertz CT molecular complexity index is 1330. The topological polar surface area (TPSA) is 137 Å². The molecule has 0 radical (unpaired) electrons. The number of benzene rings is 1. The van der Waals surface area contributed by atoms with E-state index in [1.165, 1.54) is 6.92 Å². The fourth-order valence-electron chi connectivity index (χ4n) is 4.67. The highest BCUT2D eigenvalue weighted by Gasteiger charge is 2.26. The monoisotopic (exact) mass is 529 g/mol. The summed E-state index contributed by atoms with van der Waals surface area (Å²) < 4.78 is 11.5. The standard InChI is InChI=1S/C28H31N7O4/c1-19(36)27(37)35-10-7-23(8-11-35)39-25-4-2-20(16-21(25)17-29)24-6-9-30-28(33-24)32-22-3-5-26(31-18-22)34-12-14-38-15-13-34/h2-6,9,16,18-19,23,36H,7-8,10-15H2,1H3,(H,30,32,33). The number of nitrogens with one attached hydrogen (secondary N) is 1. The highest BCUT2D eigenvalue weighted by Crippen LogP contribution is 2.28. The van der Waals surface area contributed by atoms with Crippen LogP contribution in [-0.2, 0) is 9.53 Å². The van der Waals surface area contributed by atoms with Crippen molar-refractivity contribution in [3.05, 3.63) is 54.4 Å².